The van der Waals surface area contributed by atoms with Crippen LogP contribution in [0.4, 0.5) is 16.3 Å². The minimum atomic E-state index is -4.06. The fourth-order valence-electron chi connectivity index (χ4n) is 5.06. The number of nitrogens with zero attached hydrogens (tertiary/aromatic N) is 6. The second-order valence-electron chi connectivity index (χ2n) is 9.42. The van der Waals surface area contributed by atoms with Gasteiger partial charge in [0.2, 0.25) is 21.9 Å². The number of rotatable bonds is 10. The van der Waals surface area contributed by atoms with Gasteiger partial charge in [0, 0.05) is 26.3 Å². The van der Waals surface area contributed by atoms with Gasteiger partial charge in [0.05, 0.1) is 32.7 Å². The van der Waals surface area contributed by atoms with Crippen LogP contribution in [0.3, 0.4) is 0 Å². The standard InChI is InChI=1S/C25H32FN7O6S/c1-4-38-17-11-18(15-32(14-17)24-27-12-16(26)13-28-24)40(34,35)31-25-30-29-23(21-9-6-10-39-21)33(25)22-19(36-2)7-5-8-20(22)37-3/h5,7-8,12-13,17-18,21H,4,6,9-11,14-15H2,1-3H3,(H,30,31)/t17-,18-,21?/m1/s1. The third-order valence-corrected chi connectivity index (χ3v) is 8.56. The molecule has 0 aliphatic carbocycles. The van der Waals surface area contributed by atoms with E-state index in [1.807, 2.05) is 6.92 Å². The van der Waals surface area contributed by atoms with E-state index in [1.54, 1.807) is 27.7 Å². The monoisotopic (exact) mass is 577 g/mol. The van der Waals surface area contributed by atoms with Crippen molar-refractivity contribution in [2.45, 2.75) is 43.6 Å². The summed E-state index contributed by atoms with van der Waals surface area (Å²) in [6.07, 6.45) is 3.06. The first kappa shape index (κ1) is 28.0. The number of para-hydroxylation sites is 1. The van der Waals surface area contributed by atoms with Crippen molar-refractivity contribution >= 4 is 21.9 Å². The molecule has 0 radical (unpaired) electrons. The number of ether oxygens (including phenoxy) is 4. The van der Waals surface area contributed by atoms with Crippen molar-refractivity contribution in [1.29, 1.82) is 0 Å². The molecule has 0 saturated carbocycles. The minimum absolute atomic E-state index is 0.0311. The SMILES string of the molecule is CCO[C@@H]1C[C@@H](S(=O)(=O)Nc2nnc(C3CCCO3)n2-c2c(OC)cccc2OC)CN(c2ncc(F)cn2)C1. The topological polar surface area (TPSA) is 143 Å². The summed E-state index contributed by atoms with van der Waals surface area (Å²) in [6.45, 7) is 3.23. The first-order valence-corrected chi connectivity index (χ1v) is 14.5. The molecule has 0 spiro atoms. The Hall–Kier alpha value is -3.56. The Balaban J connectivity index is 1.52. The summed E-state index contributed by atoms with van der Waals surface area (Å²) in [5.74, 6) is 0.904. The van der Waals surface area contributed by atoms with Gasteiger partial charge in [-0.05, 0) is 38.3 Å². The van der Waals surface area contributed by atoms with Gasteiger partial charge in [0.15, 0.2) is 11.6 Å². The summed E-state index contributed by atoms with van der Waals surface area (Å²) in [6, 6.07) is 5.25. The summed E-state index contributed by atoms with van der Waals surface area (Å²) < 4.78 is 68.4. The van der Waals surface area contributed by atoms with E-state index in [0.717, 1.165) is 18.8 Å². The number of methoxy groups -OCH3 is 2. The van der Waals surface area contributed by atoms with Gasteiger partial charge in [-0.2, -0.15) is 0 Å². The Bertz CT molecular complexity index is 1390. The number of hydrogen-bond acceptors (Lipinski definition) is 11. The van der Waals surface area contributed by atoms with Gasteiger partial charge in [0.1, 0.15) is 28.5 Å². The minimum Gasteiger partial charge on any atom is -0.494 e. The van der Waals surface area contributed by atoms with Gasteiger partial charge in [-0.1, -0.05) is 6.07 Å². The quantitative estimate of drug-likeness (QED) is 0.380. The van der Waals surface area contributed by atoms with Crippen LogP contribution in [0.5, 0.6) is 11.5 Å². The van der Waals surface area contributed by atoms with Crippen molar-refractivity contribution in [3.05, 3.63) is 42.2 Å². The lowest BCUT2D eigenvalue weighted by Gasteiger charge is -2.37. The van der Waals surface area contributed by atoms with Crippen molar-refractivity contribution in [3.8, 4) is 17.2 Å². The summed E-state index contributed by atoms with van der Waals surface area (Å²) in [5.41, 5.74) is 0.442. The molecule has 15 heteroatoms. The van der Waals surface area contributed by atoms with Crippen molar-refractivity contribution < 1.29 is 31.8 Å². The van der Waals surface area contributed by atoms with Crippen molar-refractivity contribution in [2.24, 2.45) is 0 Å². The van der Waals surface area contributed by atoms with E-state index in [2.05, 4.69) is 24.9 Å². The third kappa shape index (κ3) is 5.67. The highest BCUT2D eigenvalue weighted by molar-refractivity contribution is 7.93. The number of aromatic nitrogens is 5. The maximum absolute atomic E-state index is 13.9. The van der Waals surface area contributed by atoms with Crippen LogP contribution in [0.2, 0.25) is 0 Å². The summed E-state index contributed by atoms with van der Waals surface area (Å²) in [4.78, 5) is 9.75. The normalized spacial score (nSPS) is 21.4. The van der Waals surface area contributed by atoms with Gasteiger partial charge in [-0.25, -0.2) is 22.8 Å². The van der Waals surface area contributed by atoms with Crippen LogP contribution in [-0.2, 0) is 19.5 Å². The molecule has 0 amide bonds. The first-order chi connectivity index (χ1) is 19.3. The van der Waals surface area contributed by atoms with Crippen LogP contribution in [0, 0.1) is 5.82 Å². The van der Waals surface area contributed by atoms with Crippen LogP contribution in [0.25, 0.3) is 5.69 Å². The van der Waals surface area contributed by atoms with E-state index < -0.39 is 27.2 Å². The molecule has 1 aromatic carbocycles. The first-order valence-electron chi connectivity index (χ1n) is 13.0. The molecular weight excluding hydrogens is 545 g/mol. The summed E-state index contributed by atoms with van der Waals surface area (Å²) >= 11 is 0. The van der Waals surface area contributed by atoms with E-state index in [1.165, 1.54) is 14.2 Å². The highest BCUT2D eigenvalue weighted by Gasteiger charge is 2.39. The maximum Gasteiger partial charge on any atom is 0.243 e. The molecule has 2 aromatic heterocycles. The number of benzene rings is 1. The number of sulfonamides is 1. The zero-order valence-electron chi connectivity index (χ0n) is 22.5. The van der Waals surface area contributed by atoms with Crippen LogP contribution in [0.15, 0.2) is 30.6 Å². The Morgan fingerprint density at radius 2 is 1.85 bits per heavy atom. The van der Waals surface area contributed by atoms with Gasteiger partial charge >= 0.3 is 0 Å². The molecule has 216 valence electrons. The summed E-state index contributed by atoms with van der Waals surface area (Å²) in [7, 11) is -1.04. The molecule has 3 atom stereocenters. The van der Waals surface area contributed by atoms with Crippen molar-refractivity contribution in [2.75, 3.05) is 50.1 Å². The predicted molar refractivity (Wildman–Crippen MR) is 143 cm³/mol. The van der Waals surface area contributed by atoms with Gasteiger partial charge in [-0.15, -0.1) is 10.2 Å². The fraction of sp³-hybridized carbons (Fsp3) is 0.520. The second-order valence-corrected chi connectivity index (χ2v) is 11.4. The lowest BCUT2D eigenvalue weighted by molar-refractivity contribution is 0.0531. The van der Waals surface area contributed by atoms with Gasteiger partial charge in [0.25, 0.3) is 0 Å². The Morgan fingerprint density at radius 1 is 1.12 bits per heavy atom. The molecule has 1 N–H and O–H groups in total. The van der Waals surface area contributed by atoms with Crippen LogP contribution >= 0.6 is 0 Å². The molecular formula is C25H32FN7O6S. The Labute approximate surface area is 231 Å². The molecule has 3 aromatic rings. The van der Waals surface area contributed by atoms with Crippen LogP contribution in [-0.4, -0.2) is 85.0 Å². The largest absolute Gasteiger partial charge is 0.494 e. The molecule has 5 rings (SSSR count). The second kappa shape index (κ2) is 11.9. The average molecular weight is 578 g/mol. The van der Waals surface area contributed by atoms with Gasteiger partial charge in [-0.3, -0.25) is 9.29 Å². The molecule has 1 unspecified atom stereocenters. The molecule has 2 aliphatic heterocycles. The molecule has 13 nitrogen and oxygen atoms in total. The molecule has 2 saturated heterocycles. The van der Waals surface area contributed by atoms with Gasteiger partial charge < -0.3 is 23.8 Å². The van der Waals surface area contributed by atoms with Crippen LogP contribution < -0.4 is 19.1 Å². The Kier molecular flexibility index (Phi) is 8.32. The highest BCUT2D eigenvalue weighted by atomic mass is 32.2. The van der Waals surface area contributed by atoms with Crippen molar-refractivity contribution in [3.63, 3.8) is 0 Å². The maximum atomic E-state index is 13.9. The summed E-state index contributed by atoms with van der Waals surface area (Å²) in [5, 5.41) is 7.63. The molecule has 2 aliphatic rings. The molecule has 4 heterocycles. The van der Waals surface area contributed by atoms with Crippen molar-refractivity contribution in [1.82, 2.24) is 24.7 Å². The average Bonchev–Trinajstić information content (AvgIpc) is 3.63. The highest BCUT2D eigenvalue weighted by Crippen LogP contribution is 2.39. The van der Waals surface area contributed by atoms with Crippen LogP contribution in [0.1, 0.15) is 38.1 Å². The zero-order chi connectivity index (χ0) is 28.3. The smallest absolute Gasteiger partial charge is 0.243 e. The number of hydrogen-bond donors (Lipinski definition) is 1. The lowest BCUT2D eigenvalue weighted by Crippen LogP contribution is -2.51. The zero-order valence-corrected chi connectivity index (χ0v) is 23.3. The van der Waals surface area contributed by atoms with E-state index >= 15 is 0 Å². The third-order valence-electron chi connectivity index (χ3n) is 6.87. The Morgan fingerprint density at radius 3 is 2.48 bits per heavy atom. The van der Waals surface area contributed by atoms with E-state index in [0.29, 0.717) is 49.2 Å². The molecule has 0 bridgehead atoms. The molecule has 2 fully saturated rings. The molecule has 40 heavy (non-hydrogen) atoms. The predicted octanol–water partition coefficient (Wildman–Crippen LogP) is 2.49. The lowest BCUT2D eigenvalue weighted by atomic mass is 10.1. The number of anilines is 2. The number of piperidine rings is 1. The number of nitrogens with one attached hydrogen (secondary N) is 1. The van der Waals surface area contributed by atoms with E-state index in [-0.39, 0.29) is 31.0 Å². The fourth-order valence-corrected chi connectivity index (χ4v) is 6.45. The van der Waals surface area contributed by atoms with E-state index in [9.17, 15) is 12.8 Å². The van der Waals surface area contributed by atoms with E-state index in [4.69, 9.17) is 18.9 Å². The number of halogens is 1.